The van der Waals surface area contributed by atoms with Crippen molar-refractivity contribution >= 4 is 22.4 Å². The molecule has 1 aliphatic rings. The van der Waals surface area contributed by atoms with Gasteiger partial charge in [0.05, 0.1) is 4.90 Å². The maximum Gasteiger partial charge on any atom is 0.109 e. The first-order valence-corrected chi connectivity index (χ1v) is 6.02. The minimum Gasteiger partial charge on any atom is -0.324 e. The molecule has 0 radical (unpaired) electrons. The Morgan fingerprint density at radius 1 is 1.56 bits per heavy atom. The van der Waals surface area contributed by atoms with Crippen molar-refractivity contribution in [3.05, 3.63) is 17.0 Å². The van der Waals surface area contributed by atoms with Crippen molar-refractivity contribution in [1.29, 1.82) is 5.41 Å². The molecule has 86 valence electrons. The van der Waals surface area contributed by atoms with E-state index in [-0.39, 0.29) is 6.04 Å². The summed E-state index contributed by atoms with van der Waals surface area (Å²) in [5, 5.41) is 13.0. The maximum absolute atomic E-state index is 8.00. The van der Waals surface area contributed by atoms with E-state index in [9.17, 15) is 0 Å². The molecule has 0 bridgehead atoms. The van der Waals surface area contributed by atoms with Crippen LogP contribution in [0.1, 0.15) is 25.2 Å². The highest BCUT2D eigenvalue weighted by atomic mass is 32.2. The third-order valence-corrected chi connectivity index (χ3v) is 4.13. The van der Waals surface area contributed by atoms with Crippen LogP contribution in [0.15, 0.2) is 10.5 Å². The van der Waals surface area contributed by atoms with Crippen LogP contribution < -0.4 is 5.73 Å². The van der Waals surface area contributed by atoms with Gasteiger partial charge >= 0.3 is 0 Å². The number of aromatic nitrogens is 2. The summed E-state index contributed by atoms with van der Waals surface area (Å²) in [7, 11) is 1.93. The zero-order valence-corrected chi connectivity index (χ0v) is 10.8. The minimum atomic E-state index is -0.0378. The molecule has 4 nitrogen and oxygen atoms in total. The molecule has 1 aromatic heterocycles. The van der Waals surface area contributed by atoms with Gasteiger partial charge in [-0.3, -0.25) is 10.1 Å². The van der Waals surface area contributed by atoms with Crippen LogP contribution in [0.3, 0.4) is 0 Å². The van der Waals surface area contributed by atoms with Crippen LogP contribution in [0.5, 0.6) is 0 Å². The van der Waals surface area contributed by atoms with E-state index in [1.54, 1.807) is 0 Å². The van der Waals surface area contributed by atoms with Crippen LogP contribution in [0.25, 0.3) is 5.57 Å². The largest absolute Gasteiger partial charge is 0.324 e. The average Bonchev–Trinajstić information content (AvgIpc) is 2.64. The van der Waals surface area contributed by atoms with Gasteiger partial charge in [-0.05, 0) is 26.3 Å². The van der Waals surface area contributed by atoms with Gasteiger partial charge in [0.2, 0.25) is 0 Å². The van der Waals surface area contributed by atoms with E-state index in [4.69, 9.17) is 11.1 Å². The van der Waals surface area contributed by atoms with Crippen molar-refractivity contribution in [2.45, 2.75) is 31.7 Å². The average molecular weight is 236 g/mol. The molecule has 2 heterocycles. The number of aryl methyl sites for hydroxylation is 1. The first kappa shape index (κ1) is 11.4. The standard InChI is InChI=1S/C11H16N4S/c1-5(6(2)12)8-9-10(16-11(8)13)7(3)15(4)14-9/h6,13H,12H2,1-4H3/b8-5-,13-11?. The van der Waals surface area contributed by atoms with Crippen molar-refractivity contribution in [2.24, 2.45) is 12.8 Å². The molecule has 0 saturated heterocycles. The molecule has 16 heavy (non-hydrogen) atoms. The first-order valence-electron chi connectivity index (χ1n) is 5.20. The topological polar surface area (TPSA) is 67.7 Å². The minimum absolute atomic E-state index is 0.0378. The second kappa shape index (κ2) is 3.75. The van der Waals surface area contributed by atoms with Crippen LogP contribution in [-0.4, -0.2) is 20.9 Å². The molecule has 1 atom stereocenters. The fraction of sp³-hybridized carbons (Fsp3) is 0.455. The Morgan fingerprint density at radius 3 is 2.75 bits per heavy atom. The number of thioether (sulfide) groups is 1. The second-order valence-corrected chi connectivity index (χ2v) is 5.19. The van der Waals surface area contributed by atoms with Gasteiger partial charge < -0.3 is 5.73 Å². The summed E-state index contributed by atoms with van der Waals surface area (Å²) in [6.07, 6.45) is 0. The zero-order chi connectivity index (χ0) is 12.0. The van der Waals surface area contributed by atoms with E-state index in [0.717, 1.165) is 27.4 Å². The molecule has 1 aliphatic heterocycles. The smallest absolute Gasteiger partial charge is 0.109 e. The van der Waals surface area contributed by atoms with E-state index in [2.05, 4.69) is 5.10 Å². The normalized spacial score (nSPS) is 19.9. The summed E-state index contributed by atoms with van der Waals surface area (Å²) in [6.45, 7) is 5.94. The van der Waals surface area contributed by atoms with Gasteiger partial charge in [-0.25, -0.2) is 0 Å². The Kier molecular flexibility index (Phi) is 2.67. The lowest BCUT2D eigenvalue weighted by atomic mass is 10.0. The number of hydrogen-bond donors (Lipinski definition) is 2. The summed E-state index contributed by atoms with van der Waals surface area (Å²) in [5.41, 5.74) is 9.86. The molecule has 0 fully saturated rings. The van der Waals surface area contributed by atoms with Crippen molar-refractivity contribution in [2.75, 3.05) is 0 Å². The van der Waals surface area contributed by atoms with Crippen molar-refractivity contribution in [3.63, 3.8) is 0 Å². The predicted octanol–water partition coefficient (Wildman–Crippen LogP) is 1.93. The van der Waals surface area contributed by atoms with Crippen LogP contribution >= 0.6 is 11.8 Å². The molecular formula is C11H16N4S. The number of hydrogen-bond acceptors (Lipinski definition) is 4. The van der Waals surface area contributed by atoms with Gasteiger partial charge in [-0.2, -0.15) is 5.10 Å². The summed E-state index contributed by atoms with van der Waals surface area (Å²) >= 11 is 1.48. The van der Waals surface area contributed by atoms with Gasteiger partial charge in [-0.15, -0.1) is 0 Å². The van der Waals surface area contributed by atoms with E-state index >= 15 is 0 Å². The van der Waals surface area contributed by atoms with Gasteiger partial charge in [0.1, 0.15) is 10.7 Å². The second-order valence-electron chi connectivity index (χ2n) is 4.16. The van der Waals surface area contributed by atoms with E-state index in [0.29, 0.717) is 5.04 Å². The Labute approximate surface area is 99.4 Å². The third-order valence-electron chi connectivity index (χ3n) is 3.02. The third kappa shape index (κ3) is 1.51. The number of nitrogens with two attached hydrogens (primary N) is 1. The lowest BCUT2D eigenvalue weighted by Crippen LogP contribution is -2.18. The Balaban J connectivity index is 2.64. The molecule has 0 spiro atoms. The highest BCUT2D eigenvalue weighted by Gasteiger charge is 2.30. The molecule has 5 heteroatoms. The highest BCUT2D eigenvalue weighted by Crippen LogP contribution is 2.43. The number of rotatable bonds is 1. The van der Waals surface area contributed by atoms with Crippen molar-refractivity contribution in [1.82, 2.24) is 9.78 Å². The summed E-state index contributed by atoms with van der Waals surface area (Å²) in [6, 6.07) is -0.0378. The Bertz CT molecular complexity index is 496. The van der Waals surface area contributed by atoms with Crippen LogP contribution in [0.4, 0.5) is 0 Å². The summed E-state index contributed by atoms with van der Waals surface area (Å²) < 4.78 is 1.86. The number of nitrogens with zero attached hydrogens (tertiary/aromatic N) is 2. The van der Waals surface area contributed by atoms with Gasteiger partial charge in [0, 0.05) is 24.4 Å². The van der Waals surface area contributed by atoms with Crippen LogP contribution in [0.2, 0.25) is 0 Å². The van der Waals surface area contributed by atoms with Crippen molar-refractivity contribution < 1.29 is 0 Å². The lowest BCUT2D eigenvalue weighted by molar-refractivity contribution is 0.734. The van der Waals surface area contributed by atoms with Crippen LogP contribution in [-0.2, 0) is 7.05 Å². The maximum atomic E-state index is 8.00. The SMILES string of the molecule is C/C(=C1/C(=N)Sc2c1nn(C)c2C)C(C)N. The summed E-state index contributed by atoms with van der Waals surface area (Å²) in [4.78, 5) is 1.10. The van der Waals surface area contributed by atoms with Crippen molar-refractivity contribution in [3.8, 4) is 0 Å². The molecule has 3 N–H and O–H groups in total. The van der Waals surface area contributed by atoms with E-state index < -0.39 is 0 Å². The van der Waals surface area contributed by atoms with Crippen LogP contribution in [0, 0.1) is 12.3 Å². The molecular weight excluding hydrogens is 220 g/mol. The predicted molar refractivity (Wildman–Crippen MR) is 67.8 cm³/mol. The van der Waals surface area contributed by atoms with Gasteiger partial charge in [0.15, 0.2) is 0 Å². The highest BCUT2D eigenvalue weighted by molar-refractivity contribution is 8.15. The van der Waals surface area contributed by atoms with E-state index in [1.165, 1.54) is 11.8 Å². The molecule has 0 aliphatic carbocycles. The molecule has 0 saturated carbocycles. The summed E-state index contributed by atoms with van der Waals surface area (Å²) in [5.74, 6) is 0. The Morgan fingerprint density at radius 2 is 2.19 bits per heavy atom. The molecule has 1 aromatic rings. The molecule has 1 unspecified atom stereocenters. The lowest BCUT2D eigenvalue weighted by Gasteiger charge is -2.09. The van der Waals surface area contributed by atoms with Gasteiger partial charge in [0.25, 0.3) is 0 Å². The monoisotopic (exact) mass is 236 g/mol. The molecule has 0 aromatic carbocycles. The fourth-order valence-electron chi connectivity index (χ4n) is 1.73. The number of fused-ring (bicyclic) bond motifs is 1. The number of nitrogens with one attached hydrogen (secondary N) is 1. The first-order chi connectivity index (χ1) is 7.43. The molecule has 0 amide bonds. The Hall–Kier alpha value is -1.07. The zero-order valence-electron chi connectivity index (χ0n) is 9.96. The fourth-order valence-corrected chi connectivity index (χ4v) is 2.81. The van der Waals surface area contributed by atoms with E-state index in [1.807, 2.05) is 32.5 Å². The quantitative estimate of drug-likeness (QED) is 0.783. The van der Waals surface area contributed by atoms with Gasteiger partial charge in [-0.1, -0.05) is 11.8 Å². The molecule has 2 rings (SSSR count).